The number of ether oxygens (including phenoxy) is 2. The molecule has 3 aromatic rings. The Morgan fingerprint density at radius 2 is 1.82 bits per heavy atom. The summed E-state index contributed by atoms with van der Waals surface area (Å²) in [7, 11) is 3.21. The third-order valence-electron chi connectivity index (χ3n) is 8.62. The zero-order chi connectivity index (χ0) is 27.6. The number of benzene rings is 3. The Morgan fingerprint density at radius 1 is 1.05 bits per heavy atom. The lowest BCUT2D eigenvalue weighted by atomic mass is 9.63. The lowest BCUT2D eigenvalue weighted by Gasteiger charge is -2.36. The van der Waals surface area contributed by atoms with Crippen LogP contribution in [0.2, 0.25) is 0 Å². The number of carbonyl (C=O) groups excluding carboxylic acids is 3. The van der Waals surface area contributed by atoms with Crippen molar-refractivity contribution < 1.29 is 28.8 Å². The lowest BCUT2D eigenvalue weighted by Crippen LogP contribution is -2.49. The van der Waals surface area contributed by atoms with Gasteiger partial charge in [-0.15, -0.1) is 0 Å². The summed E-state index contributed by atoms with van der Waals surface area (Å²) in [6.45, 7) is 1.80. The summed E-state index contributed by atoms with van der Waals surface area (Å²) in [5.41, 5.74) is 1.10. The number of likely N-dealkylation sites (N-methyl/N-ethyl adjacent to an activating group) is 1. The number of fused-ring (bicyclic) bond motifs is 5. The molecule has 0 bridgehead atoms. The minimum absolute atomic E-state index is 0.0966. The number of nitrogens with zero attached hydrogens (tertiary/aromatic N) is 2. The molecule has 6 rings (SSSR count). The van der Waals surface area contributed by atoms with Crippen molar-refractivity contribution in [3.8, 4) is 5.75 Å². The molecule has 1 spiro atoms. The van der Waals surface area contributed by atoms with Crippen LogP contribution in [0.15, 0.2) is 66.7 Å². The molecule has 0 N–H and O–H groups in total. The average molecular weight is 527 g/mol. The average Bonchev–Trinajstić information content (AvgIpc) is 3.49. The van der Waals surface area contributed by atoms with Gasteiger partial charge in [-0.1, -0.05) is 36.4 Å². The number of non-ortho nitro benzene ring substituents is 1. The predicted octanol–water partition coefficient (Wildman–Crippen LogP) is 4.39. The molecule has 9 heteroatoms. The van der Waals surface area contributed by atoms with E-state index < -0.39 is 40.0 Å². The van der Waals surface area contributed by atoms with Crippen LogP contribution in [0.4, 0.5) is 11.4 Å². The molecular formula is C30H26N2O7. The van der Waals surface area contributed by atoms with Gasteiger partial charge in [0.25, 0.3) is 5.69 Å². The maximum Gasteiger partial charge on any atom is 0.311 e. The minimum Gasteiger partial charge on any atom is -0.497 e. The predicted molar refractivity (Wildman–Crippen MR) is 141 cm³/mol. The van der Waals surface area contributed by atoms with Crippen molar-refractivity contribution in [2.75, 3.05) is 25.7 Å². The van der Waals surface area contributed by atoms with Crippen LogP contribution in [0.5, 0.6) is 5.75 Å². The first kappa shape index (κ1) is 24.8. The lowest BCUT2D eigenvalue weighted by molar-refractivity contribution is -0.384. The topological polar surface area (TPSA) is 116 Å². The molecule has 5 unspecified atom stereocenters. The highest BCUT2D eigenvalue weighted by atomic mass is 16.6. The highest BCUT2D eigenvalue weighted by Crippen LogP contribution is 2.70. The van der Waals surface area contributed by atoms with Crippen LogP contribution in [0.3, 0.4) is 0 Å². The Morgan fingerprint density at radius 3 is 2.54 bits per heavy atom. The molecule has 0 aromatic heterocycles. The van der Waals surface area contributed by atoms with Crippen molar-refractivity contribution in [3.05, 3.63) is 99.1 Å². The fourth-order valence-electron chi connectivity index (χ4n) is 7.29. The molecule has 9 nitrogen and oxygen atoms in total. The zero-order valence-corrected chi connectivity index (χ0v) is 21.6. The summed E-state index contributed by atoms with van der Waals surface area (Å²) in [5, 5.41) is 11.5. The number of nitro groups is 1. The Kier molecular flexibility index (Phi) is 5.57. The monoisotopic (exact) mass is 526 g/mol. The van der Waals surface area contributed by atoms with Gasteiger partial charge in [-0.3, -0.25) is 24.5 Å². The maximum atomic E-state index is 14.5. The molecule has 198 valence electrons. The van der Waals surface area contributed by atoms with Gasteiger partial charge in [-0.2, -0.15) is 0 Å². The Labute approximate surface area is 224 Å². The summed E-state index contributed by atoms with van der Waals surface area (Å²) in [5.74, 6) is -3.98. The molecule has 2 aliphatic carbocycles. The van der Waals surface area contributed by atoms with Crippen LogP contribution >= 0.6 is 0 Å². The number of hydrogen-bond donors (Lipinski definition) is 0. The van der Waals surface area contributed by atoms with Gasteiger partial charge in [-0.25, -0.2) is 0 Å². The third-order valence-corrected chi connectivity index (χ3v) is 8.62. The molecule has 1 fully saturated rings. The van der Waals surface area contributed by atoms with Gasteiger partial charge in [0.15, 0.2) is 5.78 Å². The van der Waals surface area contributed by atoms with E-state index in [1.807, 2.05) is 30.3 Å². The smallest absolute Gasteiger partial charge is 0.311 e. The van der Waals surface area contributed by atoms with E-state index in [2.05, 4.69) is 0 Å². The van der Waals surface area contributed by atoms with E-state index in [1.165, 1.54) is 19.2 Å². The zero-order valence-electron chi connectivity index (χ0n) is 21.6. The largest absolute Gasteiger partial charge is 0.497 e. The van der Waals surface area contributed by atoms with Crippen molar-refractivity contribution in [3.63, 3.8) is 0 Å². The van der Waals surface area contributed by atoms with Gasteiger partial charge in [0.2, 0.25) is 5.91 Å². The Hall–Kier alpha value is -4.53. The highest BCUT2D eigenvalue weighted by molar-refractivity contribution is 6.15. The van der Waals surface area contributed by atoms with Crippen molar-refractivity contribution in [2.24, 2.45) is 11.8 Å². The second-order valence-corrected chi connectivity index (χ2v) is 10.2. The third kappa shape index (κ3) is 3.16. The second-order valence-electron chi connectivity index (χ2n) is 10.2. The van der Waals surface area contributed by atoms with Crippen molar-refractivity contribution in [1.29, 1.82) is 0 Å². The molecule has 1 heterocycles. The number of hydrogen-bond acceptors (Lipinski definition) is 7. The second kappa shape index (κ2) is 8.76. The summed E-state index contributed by atoms with van der Waals surface area (Å²) < 4.78 is 11.1. The molecule has 3 aromatic carbocycles. The van der Waals surface area contributed by atoms with E-state index in [0.29, 0.717) is 28.1 Å². The van der Waals surface area contributed by atoms with Crippen LogP contribution in [-0.2, 0) is 19.7 Å². The number of amides is 1. The van der Waals surface area contributed by atoms with E-state index in [0.717, 1.165) is 0 Å². The molecule has 3 aliphatic rings. The molecule has 0 radical (unpaired) electrons. The van der Waals surface area contributed by atoms with E-state index in [4.69, 9.17) is 9.47 Å². The number of anilines is 1. The van der Waals surface area contributed by atoms with Crippen LogP contribution in [-0.4, -0.2) is 43.3 Å². The van der Waals surface area contributed by atoms with Gasteiger partial charge in [0.1, 0.15) is 5.75 Å². The summed E-state index contributed by atoms with van der Waals surface area (Å²) in [6, 6.07) is 18.7. The van der Waals surface area contributed by atoms with E-state index in [9.17, 15) is 24.5 Å². The Balaban J connectivity index is 1.70. The number of rotatable bonds is 5. The van der Waals surface area contributed by atoms with Crippen LogP contribution in [0.1, 0.15) is 45.8 Å². The van der Waals surface area contributed by atoms with Gasteiger partial charge >= 0.3 is 5.97 Å². The fourth-order valence-corrected chi connectivity index (χ4v) is 7.29. The molecule has 0 saturated heterocycles. The van der Waals surface area contributed by atoms with E-state index in [-0.39, 0.29) is 29.5 Å². The van der Waals surface area contributed by atoms with Crippen molar-refractivity contribution >= 4 is 29.0 Å². The van der Waals surface area contributed by atoms with Crippen LogP contribution < -0.4 is 9.64 Å². The summed E-state index contributed by atoms with van der Waals surface area (Å²) in [6.07, 6.45) is 0. The first-order chi connectivity index (χ1) is 18.8. The number of carbonyl (C=O) groups is 3. The normalized spacial score (nSPS) is 26.4. The first-order valence-electron chi connectivity index (χ1n) is 12.8. The number of esters is 1. The molecule has 1 saturated carbocycles. The van der Waals surface area contributed by atoms with E-state index in [1.54, 1.807) is 43.1 Å². The number of ketones is 1. The molecule has 1 aliphatic heterocycles. The summed E-state index contributed by atoms with van der Waals surface area (Å²) >= 11 is 0. The van der Waals surface area contributed by atoms with Gasteiger partial charge in [0.05, 0.1) is 30.0 Å². The summed E-state index contributed by atoms with van der Waals surface area (Å²) in [4.78, 5) is 55.3. The number of para-hydroxylation sites is 1. The number of nitro benzene ring substituents is 1. The van der Waals surface area contributed by atoms with E-state index >= 15 is 0 Å². The Bertz CT molecular complexity index is 1570. The van der Waals surface area contributed by atoms with Crippen LogP contribution in [0.25, 0.3) is 0 Å². The molecule has 1 amide bonds. The van der Waals surface area contributed by atoms with Gasteiger partial charge in [0, 0.05) is 48.2 Å². The molecular weight excluding hydrogens is 500 g/mol. The van der Waals surface area contributed by atoms with Gasteiger partial charge < -0.3 is 14.4 Å². The fraction of sp³-hybridized carbons (Fsp3) is 0.300. The van der Waals surface area contributed by atoms with Crippen molar-refractivity contribution in [1.82, 2.24) is 0 Å². The molecule has 39 heavy (non-hydrogen) atoms. The van der Waals surface area contributed by atoms with Crippen molar-refractivity contribution in [2.45, 2.75) is 24.2 Å². The SMILES string of the molecule is CCOC(=O)C1C2c3ccc([N+](=O)[O-])cc3C(=O)C2C(c2cccc(OC)c2)C12C(=O)N(C)c1ccccc12. The van der Waals surface area contributed by atoms with Crippen LogP contribution in [0, 0.1) is 22.0 Å². The first-order valence-corrected chi connectivity index (χ1v) is 12.8. The number of methoxy groups -OCH3 is 1. The van der Waals surface area contributed by atoms with Gasteiger partial charge in [-0.05, 0) is 41.8 Å². The standard InChI is InChI=1S/C30H26N2O7/c1-4-39-28(34)26-23-19-13-12-17(32(36)37)15-20(19)27(33)24(23)25(16-8-7-9-18(14-16)38-3)30(26)21-10-5-6-11-22(21)31(2)29(30)35/h5-15,23-26H,4H2,1-3H3. The highest BCUT2D eigenvalue weighted by Gasteiger charge is 2.74. The molecule has 5 atom stereocenters. The maximum absolute atomic E-state index is 14.5. The number of Topliss-reactive ketones (excluding diaryl/α,β-unsaturated/α-hetero) is 1. The minimum atomic E-state index is -1.44. The quantitative estimate of drug-likeness (QED) is 0.275.